The molecule has 0 saturated carbocycles. The molecule has 5 nitrogen and oxygen atoms in total. The quantitative estimate of drug-likeness (QED) is 0.500. The van der Waals surface area contributed by atoms with Gasteiger partial charge in [0.15, 0.2) is 0 Å². The summed E-state index contributed by atoms with van der Waals surface area (Å²) in [4.78, 5) is 15.9. The molecule has 1 aliphatic rings. The number of thiol groups is 1. The molecular formula is C24H28ClFN4OS. The molecule has 0 radical (unpaired) electrons. The molecule has 1 aliphatic heterocycles. The van der Waals surface area contributed by atoms with Crippen molar-refractivity contribution in [1.82, 2.24) is 18.7 Å². The second-order valence-corrected chi connectivity index (χ2v) is 9.43. The van der Waals surface area contributed by atoms with E-state index in [-0.39, 0.29) is 11.8 Å². The number of nitrogens with zero attached hydrogens (tertiary/aromatic N) is 4. The highest BCUT2D eigenvalue weighted by molar-refractivity contribution is 7.78. The van der Waals surface area contributed by atoms with Crippen molar-refractivity contribution in [3.05, 3.63) is 65.1 Å². The number of likely N-dealkylation sites (tertiary alicyclic amines) is 1. The van der Waals surface area contributed by atoms with Crippen LogP contribution in [0.1, 0.15) is 24.3 Å². The fourth-order valence-corrected chi connectivity index (χ4v) is 4.83. The largest absolute Gasteiger partial charge is 0.330 e. The first-order valence-corrected chi connectivity index (χ1v) is 11.6. The summed E-state index contributed by atoms with van der Waals surface area (Å²) in [6.07, 6.45) is 4.26. The third kappa shape index (κ3) is 4.90. The summed E-state index contributed by atoms with van der Waals surface area (Å²) in [5, 5.41) is 1.87. The van der Waals surface area contributed by atoms with Crippen LogP contribution in [-0.4, -0.2) is 65.0 Å². The van der Waals surface area contributed by atoms with Crippen LogP contribution in [-0.2, 0) is 0 Å². The lowest BCUT2D eigenvalue weighted by Gasteiger charge is -2.33. The normalized spacial score (nSPS) is 15.3. The Morgan fingerprint density at radius 1 is 1.16 bits per heavy atom. The first-order valence-electron chi connectivity index (χ1n) is 10.8. The predicted molar refractivity (Wildman–Crippen MR) is 131 cm³/mol. The van der Waals surface area contributed by atoms with Crippen molar-refractivity contribution < 1.29 is 9.18 Å². The minimum absolute atomic E-state index is 0.101. The number of piperidine rings is 1. The summed E-state index contributed by atoms with van der Waals surface area (Å²) in [7, 11) is 3.46. The zero-order valence-corrected chi connectivity index (χ0v) is 20.0. The zero-order chi connectivity index (χ0) is 22.8. The van der Waals surface area contributed by atoms with Crippen molar-refractivity contribution in [2.24, 2.45) is 0 Å². The maximum absolute atomic E-state index is 13.4. The number of halogens is 2. The van der Waals surface area contributed by atoms with Gasteiger partial charge in [-0.05, 0) is 73.8 Å². The molecule has 170 valence electrons. The summed E-state index contributed by atoms with van der Waals surface area (Å²) in [5.41, 5.74) is 3.26. The lowest BCUT2D eigenvalue weighted by atomic mass is 9.89. The van der Waals surface area contributed by atoms with Crippen molar-refractivity contribution in [2.75, 3.05) is 40.3 Å². The molecule has 0 N–H and O–H groups in total. The lowest BCUT2D eigenvalue weighted by molar-refractivity contribution is 0.181. The Labute approximate surface area is 198 Å². The molecule has 0 unspecified atom stereocenters. The highest BCUT2D eigenvalue weighted by Gasteiger charge is 2.25. The average Bonchev–Trinajstić information content (AvgIpc) is 3.16. The Kier molecular flexibility index (Phi) is 6.98. The number of benzene rings is 2. The maximum Gasteiger partial charge on any atom is 0.329 e. The Morgan fingerprint density at radius 2 is 1.84 bits per heavy atom. The SMILES string of the molecule is CN(C)C(=O)N(S)CCN1CCC(c2cn(-c3ccc(F)cc3)c3cc(Cl)ccc23)CC1. The number of fused-ring (bicyclic) bond motifs is 1. The number of hydrogen-bond donors (Lipinski definition) is 1. The van der Waals surface area contributed by atoms with Gasteiger partial charge in [0.05, 0.1) is 5.52 Å². The summed E-state index contributed by atoms with van der Waals surface area (Å²) >= 11 is 10.6. The maximum atomic E-state index is 13.4. The molecule has 8 heteroatoms. The molecule has 0 atom stereocenters. The standard InChI is InChI=1S/C24H28ClFN4OS/c1-27(2)24(31)30(32)14-13-28-11-9-17(10-12-28)22-16-29(20-6-4-19(26)5-7-20)23-15-18(25)3-8-21(22)23/h3-8,15-17,32H,9-14H2,1-2H3. The van der Waals surface area contributed by atoms with Crippen LogP contribution >= 0.6 is 24.4 Å². The second kappa shape index (κ2) is 9.73. The summed E-state index contributed by atoms with van der Waals surface area (Å²) in [6.45, 7) is 3.34. The highest BCUT2D eigenvalue weighted by atomic mass is 35.5. The Balaban J connectivity index is 1.49. The van der Waals surface area contributed by atoms with E-state index in [1.807, 2.05) is 12.1 Å². The number of rotatable bonds is 5. The van der Waals surface area contributed by atoms with Crippen LogP contribution in [0.25, 0.3) is 16.6 Å². The molecule has 32 heavy (non-hydrogen) atoms. The fourth-order valence-electron chi connectivity index (χ4n) is 4.40. The van der Waals surface area contributed by atoms with E-state index < -0.39 is 0 Å². The number of amides is 2. The monoisotopic (exact) mass is 474 g/mol. The molecule has 1 saturated heterocycles. The molecule has 4 rings (SSSR count). The number of carbonyl (C=O) groups excluding carboxylic acids is 1. The number of urea groups is 1. The Morgan fingerprint density at radius 3 is 2.50 bits per heavy atom. The highest BCUT2D eigenvalue weighted by Crippen LogP contribution is 2.36. The molecule has 0 aliphatic carbocycles. The van der Waals surface area contributed by atoms with Crippen LogP contribution in [0.3, 0.4) is 0 Å². The molecule has 2 amide bonds. The lowest BCUT2D eigenvalue weighted by Crippen LogP contribution is -2.41. The van der Waals surface area contributed by atoms with Crippen LogP contribution in [0, 0.1) is 5.82 Å². The third-order valence-electron chi connectivity index (χ3n) is 6.16. The number of aromatic nitrogens is 1. The van der Waals surface area contributed by atoms with Gasteiger partial charge in [-0.15, -0.1) is 0 Å². The van der Waals surface area contributed by atoms with E-state index in [1.165, 1.54) is 32.3 Å². The van der Waals surface area contributed by atoms with Crippen molar-refractivity contribution in [3.63, 3.8) is 0 Å². The molecule has 0 spiro atoms. The average molecular weight is 475 g/mol. The van der Waals surface area contributed by atoms with E-state index in [0.29, 0.717) is 17.5 Å². The van der Waals surface area contributed by atoms with Gasteiger partial charge in [0, 0.05) is 49.5 Å². The summed E-state index contributed by atoms with van der Waals surface area (Å²) in [6, 6.07) is 12.4. The van der Waals surface area contributed by atoms with Crippen LogP contribution in [0.2, 0.25) is 5.02 Å². The second-order valence-electron chi connectivity index (χ2n) is 8.51. The molecular weight excluding hydrogens is 447 g/mol. The van der Waals surface area contributed by atoms with Crippen LogP contribution in [0.4, 0.5) is 9.18 Å². The smallest absolute Gasteiger partial charge is 0.329 e. The minimum Gasteiger partial charge on any atom is -0.330 e. The third-order valence-corrected chi connectivity index (χ3v) is 6.77. The molecule has 3 aromatic rings. The molecule has 0 bridgehead atoms. The molecule has 2 aromatic carbocycles. The van der Waals surface area contributed by atoms with Gasteiger partial charge in [0.1, 0.15) is 5.82 Å². The van der Waals surface area contributed by atoms with E-state index >= 15 is 0 Å². The van der Waals surface area contributed by atoms with Crippen molar-refractivity contribution in [2.45, 2.75) is 18.8 Å². The number of carbonyl (C=O) groups is 1. The van der Waals surface area contributed by atoms with Crippen molar-refractivity contribution in [3.8, 4) is 5.69 Å². The zero-order valence-electron chi connectivity index (χ0n) is 18.3. The van der Waals surface area contributed by atoms with Gasteiger partial charge in [-0.2, -0.15) is 0 Å². The van der Waals surface area contributed by atoms with Gasteiger partial charge in [-0.1, -0.05) is 30.5 Å². The minimum atomic E-state index is -0.247. The van der Waals surface area contributed by atoms with Crippen molar-refractivity contribution in [1.29, 1.82) is 0 Å². The molecule has 1 aromatic heterocycles. The van der Waals surface area contributed by atoms with Crippen molar-refractivity contribution >= 4 is 41.3 Å². The van der Waals surface area contributed by atoms with Gasteiger partial charge < -0.3 is 14.4 Å². The van der Waals surface area contributed by atoms with Crippen LogP contribution in [0.15, 0.2) is 48.7 Å². The van der Waals surface area contributed by atoms with Crippen LogP contribution < -0.4 is 0 Å². The van der Waals surface area contributed by atoms with E-state index in [0.717, 1.165) is 43.7 Å². The summed E-state index contributed by atoms with van der Waals surface area (Å²) < 4.78 is 17.0. The topological polar surface area (TPSA) is 31.7 Å². The fraction of sp³-hybridized carbons (Fsp3) is 0.375. The first kappa shape index (κ1) is 23.0. The predicted octanol–water partition coefficient (Wildman–Crippen LogP) is 5.43. The Bertz CT molecular complexity index is 1090. The summed E-state index contributed by atoms with van der Waals surface area (Å²) in [5.74, 6) is 0.190. The van der Waals surface area contributed by atoms with Gasteiger partial charge in [0.2, 0.25) is 0 Å². The Hall–Kier alpha value is -2.22. The molecule has 1 fully saturated rings. The van der Waals surface area contributed by atoms with Gasteiger partial charge >= 0.3 is 6.03 Å². The van der Waals surface area contributed by atoms with Gasteiger partial charge in [-0.25, -0.2) is 9.18 Å². The van der Waals surface area contributed by atoms with E-state index in [1.54, 1.807) is 26.2 Å². The van der Waals surface area contributed by atoms with E-state index in [4.69, 9.17) is 11.6 Å². The van der Waals surface area contributed by atoms with Gasteiger partial charge in [-0.3, -0.25) is 4.31 Å². The van der Waals surface area contributed by atoms with E-state index in [9.17, 15) is 9.18 Å². The first-order chi connectivity index (χ1) is 15.3. The van der Waals surface area contributed by atoms with E-state index in [2.05, 4.69) is 34.5 Å². The number of hydrogen-bond acceptors (Lipinski definition) is 3. The van der Waals surface area contributed by atoms with Crippen LogP contribution in [0.5, 0.6) is 0 Å². The molecule has 2 heterocycles. The van der Waals surface area contributed by atoms with Gasteiger partial charge in [0.25, 0.3) is 0 Å².